The first kappa shape index (κ1) is 26.7. The standard InChI is InChI=1S/C25H24F6O4/c26-24(27,28)20-10-19(11-21(12-20)25(29,30)31)22(13-32)35-14-16-3-7-18(8-4-16)17-5-1-15(2-6-17)9-23(33)34/h3-4,7-12,17,22,32H,1-2,5-6,13-14H2,(H,33,34). The van der Waals surface area contributed by atoms with Crippen LogP contribution in [0.5, 0.6) is 0 Å². The number of carboxylic acid groups (broad SMARTS) is 1. The summed E-state index contributed by atoms with van der Waals surface area (Å²) in [5, 5.41) is 18.5. The maximum atomic E-state index is 13.1. The van der Waals surface area contributed by atoms with Crippen molar-refractivity contribution in [2.75, 3.05) is 6.61 Å². The highest BCUT2D eigenvalue weighted by Crippen LogP contribution is 2.38. The summed E-state index contributed by atoms with van der Waals surface area (Å²) in [6.45, 7) is -0.926. The van der Waals surface area contributed by atoms with Gasteiger partial charge in [-0.1, -0.05) is 29.8 Å². The molecule has 0 aromatic heterocycles. The highest BCUT2D eigenvalue weighted by molar-refractivity contribution is 5.80. The van der Waals surface area contributed by atoms with E-state index in [1.807, 2.05) is 12.1 Å². The Morgan fingerprint density at radius 3 is 1.97 bits per heavy atom. The molecule has 0 amide bonds. The van der Waals surface area contributed by atoms with E-state index >= 15 is 0 Å². The van der Waals surface area contributed by atoms with Gasteiger partial charge in [0, 0.05) is 6.08 Å². The molecular formula is C25H24F6O4. The fourth-order valence-electron chi connectivity index (χ4n) is 4.14. The minimum atomic E-state index is -4.99. The van der Waals surface area contributed by atoms with Crippen LogP contribution in [0.25, 0.3) is 0 Å². The second-order valence-corrected chi connectivity index (χ2v) is 8.48. The van der Waals surface area contributed by atoms with Crippen molar-refractivity contribution < 1.29 is 46.1 Å². The first-order chi connectivity index (χ1) is 16.4. The van der Waals surface area contributed by atoms with Gasteiger partial charge >= 0.3 is 18.3 Å². The lowest BCUT2D eigenvalue weighted by Crippen LogP contribution is -2.15. The van der Waals surface area contributed by atoms with Gasteiger partial charge in [-0.3, -0.25) is 0 Å². The minimum absolute atomic E-state index is 0.0301. The predicted molar refractivity (Wildman–Crippen MR) is 114 cm³/mol. The fraction of sp³-hybridized carbons (Fsp3) is 0.400. The summed E-state index contributed by atoms with van der Waals surface area (Å²) in [5.74, 6) is -0.698. The molecule has 0 saturated heterocycles. The minimum Gasteiger partial charge on any atom is -0.478 e. The first-order valence-electron chi connectivity index (χ1n) is 10.9. The summed E-state index contributed by atoms with van der Waals surface area (Å²) in [7, 11) is 0. The molecule has 0 bridgehead atoms. The summed E-state index contributed by atoms with van der Waals surface area (Å²) < 4.78 is 84.2. The number of hydrogen-bond donors (Lipinski definition) is 2. The Labute approximate surface area is 197 Å². The highest BCUT2D eigenvalue weighted by Gasteiger charge is 2.37. The van der Waals surface area contributed by atoms with E-state index in [1.165, 1.54) is 6.08 Å². The molecule has 35 heavy (non-hydrogen) atoms. The monoisotopic (exact) mass is 502 g/mol. The van der Waals surface area contributed by atoms with Gasteiger partial charge in [-0.15, -0.1) is 0 Å². The van der Waals surface area contributed by atoms with Crippen LogP contribution in [0.3, 0.4) is 0 Å². The van der Waals surface area contributed by atoms with E-state index in [-0.39, 0.29) is 18.6 Å². The topological polar surface area (TPSA) is 66.8 Å². The van der Waals surface area contributed by atoms with Gasteiger partial charge in [0.15, 0.2) is 0 Å². The van der Waals surface area contributed by atoms with Gasteiger partial charge in [-0.25, -0.2) is 4.79 Å². The Kier molecular flexibility index (Phi) is 8.27. The number of carbonyl (C=O) groups is 1. The van der Waals surface area contributed by atoms with Gasteiger partial charge in [0.2, 0.25) is 0 Å². The molecule has 1 aliphatic rings. The number of aliphatic carboxylic acids is 1. The van der Waals surface area contributed by atoms with Crippen molar-refractivity contribution in [1.82, 2.24) is 0 Å². The molecular weight excluding hydrogens is 478 g/mol. The Morgan fingerprint density at radius 2 is 1.51 bits per heavy atom. The fourth-order valence-corrected chi connectivity index (χ4v) is 4.14. The zero-order valence-corrected chi connectivity index (χ0v) is 18.5. The third-order valence-electron chi connectivity index (χ3n) is 6.01. The van der Waals surface area contributed by atoms with Crippen LogP contribution >= 0.6 is 0 Å². The van der Waals surface area contributed by atoms with Crippen LogP contribution in [0.1, 0.15) is 65.5 Å². The normalized spacial score (nSPS) is 17.8. The van der Waals surface area contributed by atoms with Gasteiger partial charge in [0.25, 0.3) is 0 Å². The summed E-state index contributed by atoms with van der Waals surface area (Å²) in [6, 6.07) is 8.37. The summed E-state index contributed by atoms with van der Waals surface area (Å²) in [6.07, 6.45) is -7.12. The van der Waals surface area contributed by atoms with E-state index < -0.39 is 47.7 Å². The van der Waals surface area contributed by atoms with Crippen LogP contribution in [0, 0.1) is 0 Å². The van der Waals surface area contributed by atoms with Gasteiger partial charge in [0.1, 0.15) is 6.10 Å². The summed E-state index contributed by atoms with van der Waals surface area (Å²) in [5.41, 5.74) is -0.770. The molecule has 0 heterocycles. The van der Waals surface area contributed by atoms with E-state index in [0.717, 1.165) is 24.0 Å². The second-order valence-electron chi connectivity index (χ2n) is 8.48. The Balaban J connectivity index is 1.68. The van der Waals surface area contributed by atoms with E-state index in [2.05, 4.69) is 0 Å². The smallest absolute Gasteiger partial charge is 0.416 e. The third-order valence-corrected chi connectivity index (χ3v) is 6.01. The van der Waals surface area contributed by atoms with Gasteiger partial charge in [-0.2, -0.15) is 26.3 Å². The molecule has 0 aliphatic heterocycles. The van der Waals surface area contributed by atoms with Crippen molar-refractivity contribution in [2.45, 2.75) is 56.7 Å². The highest BCUT2D eigenvalue weighted by atomic mass is 19.4. The zero-order valence-electron chi connectivity index (χ0n) is 18.5. The van der Waals surface area contributed by atoms with Crippen LogP contribution in [-0.2, 0) is 28.5 Å². The molecule has 3 rings (SSSR count). The van der Waals surface area contributed by atoms with E-state index in [4.69, 9.17) is 9.84 Å². The van der Waals surface area contributed by atoms with Crippen molar-refractivity contribution in [3.05, 3.63) is 81.9 Å². The average molecular weight is 502 g/mol. The molecule has 1 atom stereocenters. The maximum absolute atomic E-state index is 13.1. The molecule has 1 fully saturated rings. The van der Waals surface area contributed by atoms with Gasteiger partial charge < -0.3 is 14.9 Å². The number of aliphatic hydroxyl groups excluding tert-OH is 1. The zero-order chi connectivity index (χ0) is 25.8. The summed E-state index contributed by atoms with van der Waals surface area (Å²) in [4.78, 5) is 10.8. The summed E-state index contributed by atoms with van der Waals surface area (Å²) >= 11 is 0. The molecule has 190 valence electrons. The van der Waals surface area contributed by atoms with Gasteiger partial charge in [-0.05, 0) is 66.5 Å². The first-order valence-corrected chi connectivity index (χ1v) is 10.9. The van der Waals surface area contributed by atoms with E-state index in [1.54, 1.807) is 12.1 Å². The molecule has 0 spiro atoms. The lowest BCUT2D eigenvalue weighted by molar-refractivity contribution is -0.143. The number of benzene rings is 2. The molecule has 2 aromatic rings. The third kappa shape index (κ3) is 7.32. The maximum Gasteiger partial charge on any atom is 0.416 e. The van der Waals surface area contributed by atoms with E-state index in [0.29, 0.717) is 30.5 Å². The van der Waals surface area contributed by atoms with Crippen molar-refractivity contribution in [3.63, 3.8) is 0 Å². The second kappa shape index (κ2) is 10.8. The molecule has 4 nitrogen and oxygen atoms in total. The van der Waals surface area contributed by atoms with Crippen LogP contribution in [-0.4, -0.2) is 22.8 Å². The molecule has 2 aromatic carbocycles. The van der Waals surface area contributed by atoms with Crippen molar-refractivity contribution in [3.8, 4) is 0 Å². The Morgan fingerprint density at radius 1 is 0.971 bits per heavy atom. The van der Waals surface area contributed by atoms with Crippen LogP contribution < -0.4 is 0 Å². The van der Waals surface area contributed by atoms with Crippen molar-refractivity contribution in [2.24, 2.45) is 0 Å². The lowest BCUT2D eigenvalue weighted by atomic mass is 9.81. The number of halogens is 6. The average Bonchev–Trinajstić information content (AvgIpc) is 2.79. The number of aliphatic hydroxyl groups is 1. The van der Waals surface area contributed by atoms with Crippen molar-refractivity contribution >= 4 is 5.97 Å². The molecule has 1 unspecified atom stereocenters. The molecule has 10 heteroatoms. The number of rotatable bonds is 7. The quantitative estimate of drug-likeness (QED) is 0.329. The Hall–Kier alpha value is -2.85. The Bertz CT molecular complexity index is 1010. The van der Waals surface area contributed by atoms with Crippen LogP contribution in [0.4, 0.5) is 26.3 Å². The predicted octanol–water partition coefficient (Wildman–Crippen LogP) is 6.64. The largest absolute Gasteiger partial charge is 0.478 e. The number of carboxylic acids is 1. The number of hydrogen-bond acceptors (Lipinski definition) is 3. The molecule has 1 aliphatic carbocycles. The van der Waals surface area contributed by atoms with Crippen LogP contribution in [0.15, 0.2) is 54.1 Å². The van der Waals surface area contributed by atoms with Gasteiger partial charge in [0.05, 0.1) is 24.3 Å². The number of alkyl halides is 6. The van der Waals surface area contributed by atoms with Crippen LogP contribution in [0.2, 0.25) is 0 Å². The van der Waals surface area contributed by atoms with E-state index in [9.17, 15) is 36.2 Å². The number of allylic oxidation sites excluding steroid dienone is 1. The molecule has 2 N–H and O–H groups in total. The molecule has 1 saturated carbocycles. The number of ether oxygens (including phenoxy) is 1. The molecule has 0 radical (unpaired) electrons. The lowest BCUT2D eigenvalue weighted by Gasteiger charge is -2.24. The SMILES string of the molecule is O=C(O)C=C1CCC(c2ccc(COC(CO)c3cc(C(F)(F)F)cc(C(F)(F)F)c3)cc2)CC1. The van der Waals surface area contributed by atoms with Crippen molar-refractivity contribution in [1.29, 1.82) is 0 Å².